The summed E-state index contributed by atoms with van der Waals surface area (Å²) in [5, 5.41) is 2.78. The third kappa shape index (κ3) is 4.51. The number of nitrogens with zero attached hydrogens (tertiary/aromatic N) is 2. The van der Waals surface area contributed by atoms with Crippen molar-refractivity contribution in [3.8, 4) is 11.4 Å². The molecule has 0 radical (unpaired) electrons. The van der Waals surface area contributed by atoms with Gasteiger partial charge in [-0.05, 0) is 60.7 Å². The number of nitrogens with one attached hydrogen (secondary N) is 3. The lowest BCUT2D eigenvalue weighted by Gasteiger charge is -2.11. The predicted octanol–water partition coefficient (Wildman–Crippen LogP) is 5.01. The summed E-state index contributed by atoms with van der Waals surface area (Å²) in [6.07, 6.45) is 1.57. The van der Waals surface area contributed by atoms with Gasteiger partial charge in [0.05, 0.1) is 21.6 Å². The molecule has 162 valence electrons. The van der Waals surface area contributed by atoms with E-state index in [0.717, 1.165) is 16.6 Å². The molecular formula is C25H19N5O2S. The lowest BCUT2D eigenvalue weighted by Crippen LogP contribution is -2.13. The molecule has 2 heterocycles. The van der Waals surface area contributed by atoms with E-state index in [-0.39, 0.29) is 5.91 Å². The maximum Gasteiger partial charge on any atom is 0.274 e. The van der Waals surface area contributed by atoms with Gasteiger partial charge in [0.1, 0.15) is 22.5 Å². The van der Waals surface area contributed by atoms with E-state index in [9.17, 15) is 9.00 Å². The van der Waals surface area contributed by atoms with Crippen molar-refractivity contribution in [3.63, 3.8) is 0 Å². The maximum absolute atomic E-state index is 13.0. The van der Waals surface area contributed by atoms with Crippen molar-refractivity contribution in [2.75, 3.05) is 10.0 Å². The van der Waals surface area contributed by atoms with Gasteiger partial charge in [0, 0.05) is 17.4 Å². The zero-order chi connectivity index (χ0) is 22.6. The molecule has 0 bridgehead atoms. The lowest BCUT2D eigenvalue weighted by atomic mass is 10.2. The Labute approximate surface area is 192 Å². The highest BCUT2D eigenvalue weighted by molar-refractivity contribution is 7.86. The van der Waals surface area contributed by atoms with Crippen LogP contribution >= 0.6 is 0 Å². The highest BCUT2D eigenvalue weighted by Crippen LogP contribution is 2.28. The number of H-pyrrole nitrogens is 1. The molecule has 1 unspecified atom stereocenters. The molecule has 5 aromatic rings. The van der Waals surface area contributed by atoms with E-state index in [1.54, 1.807) is 48.7 Å². The molecule has 1 amide bonds. The summed E-state index contributed by atoms with van der Waals surface area (Å²) in [6.45, 7) is 0. The summed E-state index contributed by atoms with van der Waals surface area (Å²) in [7, 11) is -1.51. The SMILES string of the molecule is O=C(Nc1ccc(S(=O)Nc2ccccc2-c2nc3ccccc3[nH]2)cc1)c1ccccn1. The third-order valence-corrected chi connectivity index (χ3v) is 6.10. The van der Waals surface area contributed by atoms with Crippen molar-refractivity contribution in [2.45, 2.75) is 4.90 Å². The fourth-order valence-corrected chi connectivity index (χ4v) is 4.25. The number of fused-ring (bicyclic) bond motifs is 1. The van der Waals surface area contributed by atoms with E-state index in [4.69, 9.17) is 0 Å². The van der Waals surface area contributed by atoms with E-state index in [0.29, 0.717) is 27.8 Å². The summed E-state index contributed by atoms with van der Waals surface area (Å²) in [4.78, 5) is 24.8. The van der Waals surface area contributed by atoms with Gasteiger partial charge in [-0.25, -0.2) is 9.19 Å². The molecule has 0 fully saturated rings. The van der Waals surface area contributed by atoms with Gasteiger partial charge in [-0.3, -0.25) is 9.78 Å². The standard InChI is InChI=1S/C25H19N5O2S/c31-25(23-11-5-6-16-26-23)27-17-12-14-18(15-13-17)33(32)30-20-8-2-1-7-19(20)24-28-21-9-3-4-10-22(21)29-24/h1-16,30H,(H,27,31)(H,28,29). The van der Waals surface area contributed by atoms with Gasteiger partial charge in [-0.2, -0.15) is 0 Å². The van der Waals surface area contributed by atoms with E-state index in [1.807, 2.05) is 48.5 Å². The highest BCUT2D eigenvalue weighted by Gasteiger charge is 2.13. The number of carbonyl (C=O) groups is 1. The average molecular weight is 454 g/mol. The Balaban J connectivity index is 1.32. The van der Waals surface area contributed by atoms with Crippen LogP contribution < -0.4 is 10.0 Å². The first-order chi connectivity index (χ1) is 16.2. The number of imidazole rings is 1. The summed E-state index contributed by atoms with van der Waals surface area (Å²) in [5.41, 5.74) is 4.24. The van der Waals surface area contributed by atoms with Crippen LogP contribution in [0, 0.1) is 0 Å². The van der Waals surface area contributed by atoms with Gasteiger partial charge in [-0.1, -0.05) is 30.3 Å². The van der Waals surface area contributed by atoms with E-state index in [2.05, 4.69) is 25.0 Å². The Hall–Kier alpha value is -4.30. The van der Waals surface area contributed by atoms with Gasteiger partial charge >= 0.3 is 0 Å². The minimum atomic E-state index is -1.51. The quantitative estimate of drug-likeness (QED) is 0.336. The number of para-hydroxylation sites is 3. The van der Waals surface area contributed by atoms with Gasteiger partial charge in [0.25, 0.3) is 5.91 Å². The third-order valence-electron chi connectivity index (χ3n) is 5.00. The summed E-state index contributed by atoms with van der Waals surface area (Å²) < 4.78 is 16.1. The first kappa shape index (κ1) is 20.6. The number of aromatic nitrogens is 3. The smallest absolute Gasteiger partial charge is 0.274 e. The number of benzene rings is 3. The number of pyridine rings is 1. The van der Waals surface area contributed by atoms with E-state index >= 15 is 0 Å². The maximum atomic E-state index is 13.0. The van der Waals surface area contributed by atoms with E-state index < -0.39 is 11.0 Å². The van der Waals surface area contributed by atoms with Crippen LogP contribution in [-0.2, 0) is 11.0 Å². The Morgan fingerprint density at radius 2 is 1.61 bits per heavy atom. The van der Waals surface area contributed by atoms with Crippen LogP contribution in [0.5, 0.6) is 0 Å². The zero-order valence-corrected chi connectivity index (χ0v) is 18.2. The van der Waals surface area contributed by atoms with Crippen LogP contribution in [0.2, 0.25) is 0 Å². The summed E-state index contributed by atoms with van der Waals surface area (Å²) in [5.74, 6) is 0.395. The topological polar surface area (TPSA) is 99.8 Å². The molecular weight excluding hydrogens is 434 g/mol. The summed E-state index contributed by atoms with van der Waals surface area (Å²) in [6, 6.07) is 27.4. The molecule has 1 atom stereocenters. The average Bonchev–Trinajstić information content (AvgIpc) is 3.29. The first-order valence-corrected chi connectivity index (χ1v) is 11.4. The minimum absolute atomic E-state index is 0.303. The summed E-state index contributed by atoms with van der Waals surface area (Å²) >= 11 is 0. The molecule has 7 nitrogen and oxygen atoms in total. The van der Waals surface area contributed by atoms with Crippen molar-refractivity contribution in [1.82, 2.24) is 15.0 Å². The molecule has 2 aromatic heterocycles. The lowest BCUT2D eigenvalue weighted by molar-refractivity contribution is 0.102. The Morgan fingerprint density at radius 1 is 0.848 bits per heavy atom. The van der Waals surface area contributed by atoms with Gasteiger partial charge in [0.2, 0.25) is 0 Å². The second-order valence-corrected chi connectivity index (χ2v) is 8.43. The Bertz CT molecular complexity index is 1420. The molecule has 33 heavy (non-hydrogen) atoms. The minimum Gasteiger partial charge on any atom is -0.338 e. The van der Waals surface area contributed by atoms with Crippen molar-refractivity contribution in [2.24, 2.45) is 0 Å². The zero-order valence-electron chi connectivity index (χ0n) is 17.4. The second kappa shape index (κ2) is 9.05. The normalized spacial score (nSPS) is 11.8. The number of hydrogen-bond acceptors (Lipinski definition) is 4. The highest BCUT2D eigenvalue weighted by atomic mass is 32.2. The van der Waals surface area contributed by atoms with Crippen LogP contribution in [-0.4, -0.2) is 25.1 Å². The molecule has 0 spiro atoms. The fourth-order valence-electron chi connectivity index (χ4n) is 3.37. The number of aromatic amines is 1. The number of rotatable bonds is 6. The molecule has 0 saturated heterocycles. The monoisotopic (exact) mass is 453 g/mol. The Kier molecular flexibility index (Phi) is 5.65. The number of amides is 1. The van der Waals surface area contributed by atoms with Crippen LogP contribution in [0.3, 0.4) is 0 Å². The van der Waals surface area contributed by atoms with Crippen LogP contribution in [0.15, 0.2) is 102 Å². The van der Waals surface area contributed by atoms with Crippen molar-refractivity contribution < 1.29 is 9.00 Å². The predicted molar refractivity (Wildman–Crippen MR) is 130 cm³/mol. The van der Waals surface area contributed by atoms with Crippen LogP contribution in [0.25, 0.3) is 22.4 Å². The van der Waals surface area contributed by atoms with Crippen molar-refractivity contribution in [1.29, 1.82) is 0 Å². The van der Waals surface area contributed by atoms with Gasteiger partial charge < -0.3 is 15.0 Å². The Morgan fingerprint density at radius 3 is 2.39 bits per heavy atom. The number of anilines is 2. The molecule has 8 heteroatoms. The number of hydrogen-bond donors (Lipinski definition) is 3. The van der Waals surface area contributed by atoms with Gasteiger partial charge in [0.15, 0.2) is 0 Å². The number of carbonyl (C=O) groups excluding carboxylic acids is 1. The second-order valence-electron chi connectivity index (χ2n) is 7.21. The van der Waals surface area contributed by atoms with Crippen LogP contribution in [0.4, 0.5) is 11.4 Å². The molecule has 3 N–H and O–H groups in total. The molecule has 0 saturated carbocycles. The largest absolute Gasteiger partial charge is 0.338 e. The molecule has 0 aliphatic heterocycles. The first-order valence-electron chi connectivity index (χ1n) is 10.2. The molecule has 0 aliphatic rings. The van der Waals surface area contributed by atoms with E-state index in [1.165, 1.54) is 0 Å². The van der Waals surface area contributed by atoms with Crippen molar-refractivity contribution >= 4 is 39.3 Å². The molecule has 5 rings (SSSR count). The fraction of sp³-hybridized carbons (Fsp3) is 0. The van der Waals surface area contributed by atoms with Crippen LogP contribution in [0.1, 0.15) is 10.5 Å². The van der Waals surface area contributed by atoms with Crippen molar-refractivity contribution in [3.05, 3.63) is 103 Å². The van der Waals surface area contributed by atoms with Gasteiger partial charge in [-0.15, -0.1) is 0 Å². The molecule has 3 aromatic carbocycles. The molecule has 0 aliphatic carbocycles.